The molecule has 0 aliphatic heterocycles. The highest BCUT2D eigenvalue weighted by atomic mass is 127. The van der Waals surface area contributed by atoms with E-state index in [1.165, 1.54) is 37.0 Å². The van der Waals surface area contributed by atoms with Crippen LogP contribution in [-0.2, 0) is 0 Å². The van der Waals surface area contributed by atoms with Gasteiger partial charge in [-0.3, -0.25) is 9.79 Å². The number of thiophene rings is 1. The number of aliphatic imine (C=N–C) groups is 1. The minimum atomic E-state index is 0. The molecule has 5 nitrogen and oxygen atoms in total. The fourth-order valence-electron chi connectivity index (χ4n) is 2.88. The Bertz CT molecular complexity index is 524. The molecule has 1 aliphatic carbocycles. The second-order valence-corrected chi connectivity index (χ2v) is 7.36. The molecule has 0 atom stereocenters. The molecule has 1 aromatic heterocycles. The molecule has 2 rings (SSSR count). The first-order valence-corrected chi connectivity index (χ1v) is 9.91. The summed E-state index contributed by atoms with van der Waals surface area (Å²) in [6.07, 6.45) is 6.05. The molecule has 0 spiro atoms. The first-order valence-electron chi connectivity index (χ1n) is 9.03. The Balaban J connectivity index is 0.00000312. The second-order valence-electron chi connectivity index (χ2n) is 6.42. The quantitative estimate of drug-likeness (QED) is 0.220. The number of carbonyl (C=O) groups is 1. The number of nitrogens with one attached hydrogen (secondary N) is 3. The highest BCUT2D eigenvalue weighted by Gasteiger charge is 2.34. The van der Waals surface area contributed by atoms with Gasteiger partial charge in [0.05, 0.1) is 4.88 Å². The van der Waals surface area contributed by atoms with Crippen molar-refractivity contribution in [1.82, 2.24) is 16.0 Å². The average molecular weight is 478 g/mol. The summed E-state index contributed by atoms with van der Waals surface area (Å²) in [5, 5.41) is 11.5. The van der Waals surface area contributed by atoms with Crippen molar-refractivity contribution in [3.05, 3.63) is 22.4 Å². The monoisotopic (exact) mass is 478 g/mol. The molecule has 0 saturated heterocycles. The van der Waals surface area contributed by atoms with Crippen LogP contribution in [0.15, 0.2) is 22.5 Å². The van der Waals surface area contributed by atoms with Crippen LogP contribution in [0.2, 0.25) is 0 Å². The van der Waals surface area contributed by atoms with Gasteiger partial charge in [0.15, 0.2) is 5.96 Å². The number of halogens is 1. The van der Waals surface area contributed by atoms with Crippen LogP contribution < -0.4 is 16.0 Å². The fraction of sp³-hybridized carbons (Fsp3) is 0.667. The van der Waals surface area contributed by atoms with E-state index in [0.29, 0.717) is 12.0 Å². The SMILES string of the molecule is CCNC(=NCC1(CC)CCC1)NCCCNC(=O)c1cccs1.I. The molecular weight excluding hydrogens is 447 g/mol. The largest absolute Gasteiger partial charge is 0.357 e. The summed E-state index contributed by atoms with van der Waals surface area (Å²) < 4.78 is 0. The molecule has 1 saturated carbocycles. The van der Waals surface area contributed by atoms with Gasteiger partial charge in [-0.15, -0.1) is 35.3 Å². The van der Waals surface area contributed by atoms with E-state index in [-0.39, 0.29) is 29.9 Å². The smallest absolute Gasteiger partial charge is 0.261 e. The van der Waals surface area contributed by atoms with Gasteiger partial charge in [0.1, 0.15) is 0 Å². The lowest BCUT2D eigenvalue weighted by molar-refractivity contribution is 0.0957. The number of hydrogen-bond acceptors (Lipinski definition) is 3. The summed E-state index contributed by atoms with van der Waals surface area (Å²) in [4.78, 5) is 17.4. The molecular formula is C18H31IN4OS. The number of amides is 1. The first-order chi connectivity index (χ1) is 11.7. The van der Waals surface area contributed by atoms with Crippen LogP contribution in [0.3, 0.4) is 0 Å². The van der Waals surface area contributed by atoms with E-state index in [1.807, 2.05) is 17.5 Å². The van der Waals surface area contributed by atoms with Gasteiger partial charge in [-0.05, 0) is 49.5 Å². The van der Waals surface area contributed by atoms with Gasteiger partial charge in [-0.2, -0.15) is 0 Å². The number of hydrogen-bond donors (Lipinski definition) is 3. The molecule has 1 fully saturated rings. The third kappa shape index (κ3) is 7.13. The molecule has 1 aliphatic rings. The molecule has 0 aromatic carbocycles. The zero-order valence-electron chi connectivity index (χ0n) is 15.3. The molecule has 25 heavy (non-hydrogen) atoms. The predicted octanol–water partition coefficient (Wildman–Crippen LogP) is 3.62. The molecule has 1 heterocycles. The van der Waals surface area contributed by atoms with Crippen LogP contribution in [-0.4, -0.2) is 38.0 Å². The van der Waals surface area contributed by atoms with Crippen molar-refractivity contribution in [3.8, 4) is 0 Å². The lowest BCUT2D eigenvalue weighted by atomic mass is 9.67. The highest BCUT2D eigenvalue weighted by molar-refractivity contribution is 14.0. The minimum Gasteiger partial charge on any atom is -0.357 e. The molecule has 1 amide bonds. The average Bonchev–Trinajstić information content (AvgIpc) is 3.08. The van der Waals surface area contributed by atoms with E-state index >= 15 is 0 Å². The van der Waals surface area contributed by atoms with E-state index < -0.39 is 0 Å². The predicted molar refractivity (Wildman–Crippen MR) is 117 cm³/mol. The van der Waals surface area contributed by atoms with Gasteiger partial charge in [-0.1, -0.05) is 19.4 Å². The topological polar surface area (TPSA) is 65.5 Å². The van der Waals surface area contributed by atoms with Crippen molar-refractivity contribution in [2.24, 2.45) is 10.4 Å². The highest BCUT2D eigenvalue weighted by Crippen LogP contribution is 2.43. The number of guanidine groups is 1. The van der Waals surface area contributed by atoms with Gasteiger partial charge in [0.25, 0.3) is 5.91 Å². The van der Waals surface area contributed by atoms with Gasteiger partial charge in [0, 0.05) is 26.2 Å². The van der Waals surface area contributed by atoms with Crippen molar-refractivity contribution < 1.29 is 4.79 Å². The zero-order chi connectivity index (χ0) is 17.3. The summed E-state index contributed by atoms with van der Waals surface area (Å²) in [5.74, 6) is 0.905. The summed E-state index contributed by atoms with van der Waals surface area (Å²) in [7, 11) is 0. The Labute approximate surface area is 172 Å². The minimum absolute atomic E-state index is 0. The summed E-state index contributed by atoms with van der Waals surface area (Å²) >= 11 is 1.47. The van der Waals surface area contributed by atoms with Gasteiger partial charge in [-0.25, -0.2) is 0 Å². The van der Waals surface area contributed by atoms with Crippen molar-refractivity contribution in [1.29, 1.82) is 0 Å². The normalized spacial score (nSPS) is 15.7. The van der Waals surface area contributed by atoms with Crippen LogP contribution in [0.1, 0.15) is 55.6 Å². The summed E-state index contributed by atoms with van der Waals surface area (Å²) in [6.45, 7) is 7.59. The molecule has 7 heteroatoms. The van der Waals surface area contributed by atoms with Gasteiger partial charge >= 0.3 is 0 Å². The lowest BCUT2D eigenvalue weighted by Gasteiger charge is -2.40. The fourth-order valence-corrected chi connectivity index (χ4v) is 3.52. The maximum atomic E-state index is 11.8. The van der Waals surface area contributed by atoms with Crippen LogP contribution in [0, 0.1) is 5.41 Å². The Hall–Kier alpha value is -0.830. The molecule has 3 N–H and O–H groups in total. The Morgan fingerprint density at radius 3 is 2.56 bits per heavy atom. The van der Waals surface area contributed by atoms with E-state index in [1.54, 1.807) is 0 Å². The van der Waals surface area contributed by atoms with Crippen LogP contribution in [0.5, 0.6) is 0 Å². The summed E-state index contributed by atoms with van der Waals surface area (Å²) in [5.41, 5.74) is 0.442. The van der Waals surface area contributed by atoms with E-state index in [9.17, 15) is 4.79 Å². The van der Waals surface area contributed by atoms with E-state index in [2.05, 4.69) is 29.8 Å². The Morgan fingerprint density at radius 2 is 2.00 bits per heavy atom. The third-order valence-electron chi connectivity index (χ3n) is 4.76. The Morgan fingerprint density at radius 1 is 1.24 bits per heavy atom. The molecule has 0 radical (unpaired) electrons. The van der Waals surface area contributed by atoms with Crippen LogP contribution in [0.4, 0.5) is 0 Å². The van der Waals surface area contributed by atoms with Gasteiger partial charge < -0.3 is 16.0 Å². The number of carbonyl (C=O) groups excluding carboxylic acids is 1. The second kappa shape index (κ2) is 11.7. The molecule has 0 unspecified atom stereocenters. The van der Waals surface area contributed by atoms with Crippen LogP contribution >= 0.6 is 35.3 Å². The van der Waals surface area contributed by atoms with E-state index in [4.69, 9.17) is 4.99 Å². The Kier molecular flexibility index (Phi) is 10.4. The van der Waals surface area contributed by atoms with Crippen molar-refractivity contribution in [3.63, 3.8) is 0 Å². The maximum Gasteiger partial charge on any atom is 0.261 e. The van der Waals surface area contributed by atoms with E-state index in [0.717, 1.165) is 36.9 Å². The van der Waals surface area contributed by atoms with Crippen LogP contribution in [0.25, 0.3) is 0 Å². The van der Waals surface area contributed by atoms with Gasteiger partial charge in [0.2, 0.25) is 0 Å². The zero-order valence-corrected chi connectivity index (χ0v) is 18.4. The van der Waals surface area contributed by atoms with Crippen molar-refractivity contribution in [2.45, 2.75) is 46.0 Å². The number of nitrogens with zero attached hydrogens (tertiary/aromatic N) is 1. The third-order valence-corrected chi connectivity index (χ3v) is 5.63. The molecule has 1 aromatic rings. The molecule has 142 valence electrons. The maximum absolute atomic E-state index is 11.8. The van der Waals surface area contributed by atoms with Crippen molar-refractivity contribution >= 4 is 47.2 Å². The standard InChI is InChI=1S/C18H30N4OS.HI/c1-3-18(9-6-10-18)14-22-17(19-4-2)21-12-7-11-20-16(23)15-8-5-13-24-15;/h5,8,13H,3-4,6-7,9-12,14H2,1-2H3,(H,20,23)(H2,19,21,22);1H. The number of rotatable bonds is 9. The first kappa shape index (κ1) is 22.2. The molecule has 0 bridgehead atoms. The van der Waals surface area contributed by atoms with Crippen molar-refractivity contribution in [2.75, 3.05) is 26.2 Å². The lowest BCUT2D eigenvalue weighted by Crippen LogP contribution is -2.40. The summed E-state index contributed by atoms with van der Waals surface area (Å²) in [6, 6.07) is 3.74.